The van der Waals surface area contributed by atoms with Crippen LogP contribution in [0.2, 0.25) is 0 Å². The van der Waals surface area contributed by atoms with Crippen molar-refractivity contribution < 1.29 is 17.9 Å². The normalized spacial score (nSPS) is 15.7. The number of piperazine rings is 1. The number of anilines is 1. The van der Waals surface area contributed by atoms with Crippen LogP contribution in [0.5, 0.6) is 17.5 Å². The number of benzene rings is 2. The second-order valence-corrected chi connectivity index (χ2v) is 10.2. The lowest BCUT2D eigenvalue weighted by atomic mass is 10.2. The Balaban J connectivity index is 1.51. The highest BCUT2D eigenvalue weighted by atomic mass is 32.2. The Hall–Kier alpha value is -3.15. The molecule has 1 N–H and O–H groups in total. The SMILES string of the molecule is CCn1c(Oc2cccc(N3CCN(C)CC3)c2)nnc1[C@@H](C)NS(=O)(=O)c1cccc(OC)c1. The zero-order valence-electron chi connectivity index (χ0n) is 20.5. The standard InChI is InChI=1S/C24H32N6O4S/c1-5-30-23(18(2)27-35(31,32)22-11-7-9-20(17-22)33-4)25-26-24(30)34-21-10-6-8-19(16-21)29-14-12-28(3)13-15-29/h6-11,16-18,27H,5,12-15H2,1-4H3/t18-/m1/s1. The van der Waals surface area contributed by atoms with E-state index >= 15 is 0 Å². The maximum Gasteiger partial charge on any atom is 0.322 e. The van der Waals surface area contributed by atoms with Crippen molar-refractivity contribution in [3.8, 4) is 17.5 Å². The van der Waals surface area contributed by atoms with E-state index in [0.29, 0.717) is 29.9 Å². The predicted octanol–water partition coefficient (Wildman–Crippen LogP) is 2.89. The van der Waals surface area contributed by atoms with Crippen molar-refractivity contribution in [1.82, 2.24) is 24.4 Å². The second kappa shape index (κ2) is 10.6. The number of sulfonamides is 1. The third-order valence-corrected chi connectivity index (χ3v) is 7.57. The van der Waals surface area contributed by atoms with Gasteiger partial charge in [-0.25, -0.2) is 13.1 Å². The first-order valence-electron chi connectivity index (χ1n) is 11.6. The first kappa shape index (κ1) is 25.0. The van der Waals surface area contributed by atoms with Crippen LogP contribution in [0.1, 0.15) is 25.7 Å². The summed E-state index contributed by atoms with van der Waals surface area (Å²) in [5.74, 6) is 1.58. The molecule has 2 heterocycles. The molecule has 0 radical (unpaired) electrons. The molecule has 0 amide bonds. The minimum Gasteiger partial charge on any atom is -0.497 e. The summed E-state index contributed by atoms with van der Waals surface area (Å²) in [4.78, 5) is 4.76. The van der Waals surface area contributed by atoms with E-state index in [1.807, 2.05) is 25.1 Å². The van der Waals surface area contributed by atoms with Crippen LogP contribution in [0.4, 0.5) is 5.69 Å². The highest BCUT2D eigenvalue weighted by molar-refractivity contribution is 7.89. The first-order chi connectivity index (χ1) is 16.8. The van der Waals surface area contributed by atoms with Crippen LogP contribution >= 0.6 is 0 Å². The van der Waals surface area contributed by atoms with Gasteiger partial charge in [0.15, 0.2) is 5.82 Å². The van der Waals surface area contributed by atoms with E-state index in [4.69, 9.17) is 9.47 Å². The zero-order chi connectivity index (χ0) is 25.0. The van der Waals surface area contributed by atoms with Gasteiger partial charge in [0.1, 0.15) is 11.5 Å². The summed E-state index contributed by atoms with van der Waals surface area (Å²) in [5.41, 5.74) is 1.10. The highest BCUT2D eigenvalue weighted by Crippen LogP contribution is 2.28. The summed E-state index contributed by atoms with van der Waals surface area (Å²) in [6.07, 6.45) is 0. The molecule has 0 aliphatic carbocycles. The molecular weight excluding hydrogens is 468 g/mol. The molecule has 188 valence electrons. The molecule has 2 aromatic carbocycles. The molecule has 1 aliphatic rings. The van der Waals surface area contributed by atoms with Crippen molar-refractivity contribution in [3.05, 3.63) is 54.4 Å². The van der Waals surface area contributed by atoms with Gasteiger partial charge in [0.25, 0.3) is 0 Å². The minimum absolute atomic E-state index is 0.114. The number of hydrogen-bond acceptors (Lipinski definition) is 8. The van der Waals surface area contributed by atoms with Crippen LogP contribution < -0.4 is 19.1 Å². The van der Waals surface area contributed by atoms with Crippen molar-refractivity contribution in [3.63, 3.8) is 0 Å². The summed E-state index contributed by atoms with van der Waals surface area (Å²) in [5, 5.41) is 8.44. The van der Waals surface area contributed by atoms with Gasteiger partial charge in [-0.3, -0.25) is 4.57 Å². The van der Waals surface area contributed by atoms with E-state index in [1.54, 1.807) is 23.6 Å². The number of nitrogens with one attached hydrogen (secondary N) is 1. The van der Waals surface area contributed by atoms with Gasteiger partial charge in [0.05, 0.1) is 18.0 Å². The molecule has 0 saturated carbocycles. The molecule has 11 heteroatoms. The molecule has 0 spiro atoms. The average Bonchev–Trinajstić information content (AvgIpc) is 3.27. The summed E-state index contributed by atoms with van der Waals surface area (Å²) < 4.78 is 41.5. The second-order valence-electron chi connectivity index (χ2n) is 8.50. The van der Waals surface area contributed by atoms with Gasteiger partial charge >= 0.3 is 6.01 Å². The molecule has 1 aromatic heterocycles. The fourth-order valence-corrected chi connectivity index (χ4v) is 5.26. The lowest BCUT2D eigenvalue weighted by Crippen LogP contribution is -2.44. The first-order valence-corrected chi connectivity index (χ1v) is 13.1. The molecule has 1 aliphatic heterocycles. The number of nitrogens with zero attached hydrogens (tertiary/aromatic N) is 5. The van der Waals surface area contributed by atoms with Crippen molar-refractivity contribution >= 4 is 15.7 Å². The van der Waals surface area contributed by atoms with Gasteiger partial charge in [0.2, 0.25) is 10.0 Å². The summed E-state index contributed by atoms with van der Waals surface area (Å²) in [6, 6.07) is 13.9. The number of methoxy groups -OCH3 is 1. The van der Waals surface area contributed by atoms with E-state index in [2.05, 4.69) is 37.8 Å². The van der Waals surface area contributed by atoms with Crippen LogP contribution in [0, 0.1) is 0 Å². The van der Waals surface area contributed by atoms with Gasteiger partial charge in [-0.1, -0.05) is 17.2 Å². The predicted molar refractivity (Wildman–Crippen MR) is 134 cm³/mol. The minimum atomic E-state index is -3.80. The monoisotopic (exact) mass is 500 g/mol. The Kier molecular flexibility index (Phi) is 7.58. The Morgan fingerprint density at radius 3 is 2.46 bits per heavy atom. The van der Waals surface area contributed by atoms with Gasteiger partial charge in [-0.05, 0) is 45.2 Å². The Morgan fingerprint density at radius 1 is 1.03 bits per heavy atom. The molecule has 0 unspecified atom stereocenters. The topological polar surface area (TPSA) is 102 Å². The lowest BCUT2D eigenvalue weighted by molar-refractivity contribution is 0.312. The maximum atomic E-state index is 12.9. The van der Waals surface area contributed by atoms with Crippen LogP contribution in [-0.4, -0.2) is 68.4 Å². The molecule has 1 fully saturated rings. The summed E-state index contributed by atoms with van der Waals surface area (Å²) >= 11 is 0. The van der Waals surface area contributed by atoms with Gasteiger partial charge in [-0.2, -0.15) is 0 Å². The van der Waals surface area contributed by atoms with E-state index in [9.17, 15) is 8.42 Å². The van der Waals surface area contributed by atoms with Crippen LogP contribution in [-0.2, 0) is 16.6 Å². The maximum absolute atomic E-state index is 12.9. The molecule has 1 saturated heterocycles. The summed E-state index contributed by atoms with van der Waals surface area (Å²) in [6.45, 7) is 8.13. The number of hydrogen-bond donors (Lipinski definition) is 1. The van der Waals surface area contributed by atoms with Gasteiger partial charge < -0.3 is 19.3 Å². The van der Waals surface area contributed by atoms with E-state index in [-0.39, 0.29) is 4.90 Å². The molecule has 10 nitrogen and oxygen atoms in total. The van der Waals surface area contributed by atoms with Crippen molar-refractivity contribution in [2.75, 3.05) is 45.2 Å². The lowest BCUT2D eigenvalue weighted by Gasteiger charge is -2.34. The molecular formula is C24H32N6O4S. The number of rotatable bonds is 9. The smallest absolute Gasteiger partial charge is 0.322 e. The van der Waals surface area contributed by atoms with Crippen LogP contribution in [0.15, 0.2) is 53.4 Å². The Morgan fingerprint density at radius 2 is 1.74 bits per heavy atom. The molecule has 35 heavy (non-hydrogen) atoms. The van der Waals surface area contributed by atoms with Crippen molar-refractivity contribution in [2.45, 2.75) is 31.3 Å². The van der Waals surface area contributed by atoms with E-state index in [1.165, 1.54) is 19.2 Å². The van der Waals surface area contributed by atoms with Crippen molar-refractivity contribution in [1.29, 1.82) is 0 Å². The number of ether oxygens (including phenoxy) is 2. The average molecular weight is 501 g/mol. The fourth-order valence-electron chi connectivity index (χ4n) is 4.03. The largest absolute Gasteiger partial charge is 0.497 e. The van der Waals surface area contributed by atoms with Gasteiger partial charge in [0, 0.05) is 50.5 Å². The Labute approximate surface area is 206 Å². The Bertz CT molecular complexity index is 1250. The van der Waals surface area contributed by atoms with Gasteiger partial charge in [-0.15, -0.1) is 5.10 Å². The van der Waals surface area contributed by atoms with E-state index in [0.717, 1.165) is 31.9 Å². The molecule has 0 bridgehead atoms. The van der Waals surface area contributed by atoms with E-state index < -0.39 is 16.1 Å². The number of aromatic nitrogens is 3. The summed E-state index contributed by atoms with van der Waals surface area (Å²) in [7, 11) is -0.175. The third kappa shape index (κ3) is 5.75. The highest BCUT2D eigenvalue weighted by Gasteiger charge is 2.24. The van der Waals surface area contributed by atoms with Crippen LogP contribution in [0.3, 0.4) is 0 Å². The quantitative estimate of drug-likeness (QED) is 0.479. The number of likely N-dealkylation sites (N-methyl/N-ethyl adjacent to an activating group) is 1. The molecule has 4 rings (SSSR count). The zero-order valence-corrected chi connectivity index (χ0v) is 21.3. The molecule has 1 atom stereocenters. The third-order valence-electron chi connectivity index (χ3n) is 6.03. The van der Waals surface area contributed by atoms with Crippen molar-refractivity contribution in [2.24, 2.45) is 0 Å². The fraction of sp³-hybridized carbons (Fsp3) is 0.417. The molecule has 3 aromatic rings. The van der Waals surface area contributed by atoms with Crippen LogP contribution in [0.25, 0.3) is 0 Å².